The van der Waals surface area contributed by atoms with E-state index in [1.54, 1.807) is 19.1 Å². The number of esters is 1. The third-order valence-corrected chi connectivity index (χ3v) is 4.12. The summed E-state index contributed by atoms with van der Waals surface area (Å²) in [4.78, 5) is 23.7. The molecule has 2 aromatic rings. The first kappa shape index (κ1) is 20.5. The Balaban J connectivity index is 1.65. The second-order valence-electron chi connectivity index (χ2n) is 6.68. The van der Waals surface area contributed by atoms with Crippen LogP contribution >= 0.6 is 0 Å². The SMILES string of the molecule is CC(C)c1ccc(CCNC(=O)COC(=O)[C@@H](C)Oc2ccccc2)cc1. The van der Waals surface area contributed by atoms with Gasteiger partial charge in [-0.3, -0.25) is 4.79 Å². The van der Waals surface area contributed by atoms with Crippen molar-refractivity contribution >= 4 is 11.9 Å². The van der Waals surface area contributed by atoms with Crippen LogP contribution in [0.1, 0.15) is 37.8 Å². The van der Waals surface area contributed by atoms with Crippen molar-refractivity contribution in [3.05, 3.63) is 65.7 Å². The van der Waals surface area contributed by atoms with E-state index in [4.69, 9.17) is 9.47 Å². The summed E-state index contributed by atoms with van der Waals surface area (Å²) < 4.78 is 10.5. The van der Waals surface area contributed by atoms with Gasteiger partial charge in [0.2, 0.25) is 0 Å². The summed E-state index contributed by atoms with van der Waals surface area (Å²) in [5.74, 6) is 0.184. The Labute approximate surface area is 160 Å². The van der Waals surface area contributed by atoms with Gasteiger partial charge in [-0.2, -0.15) is 0 Å². The zero-order valence-electron chi connectivity index (χ0n) is 16.1. The third-order valence-electron chi connectivity index (χ3n) is 4.12. The van der Waals surface area contributed by atoms with Crippen molar-refractivity contribution in [3.8, 4) is 5.75 Å². The van der Waals surface area contributed by atoms with Crippen LogP contribution in [-0.2, 0) is 20.7 Å². The van der Waals surface area contributed by atoms with Crippen molar-refractivity contribution in [3.63, 3.8) is 0 Å². The lowest BCUT2D eigenvalue weighted by Crippen LogP contribution is -2.33. The van der Waals surface area contributed by atoms with Crippen LogP contribution in [-0.4, -0.2) is 31.1 Å². The maximum absolute atomic E-state index is 11.9. The molecule has 0 aliphatic carbocycles. The third kappa shape index (κ3) is 7.13. The first-order valence-electron chi connectivity index (χ1n) is 9.19. The standard InChI is InChI=1S/C22H27NO4/c1-16(2)19-11-9-18(10-12-19)13-14-23-21(24)15-26-22(25)17(3)27-20-7-5-4-6-8-20/h4-12,16-17H,13-15H2,1-3H3,(H,23,24)/t17-/m1/s1. The van der Waals surface area contributed by atoms with Gasteiger partial charge in [0.1, 0.15) is 5.75 Å². The molecule has 1 amide bonds. The molecule has 0 bridgehead atoms. The smallest absolute Gasteiger partial charge is 0.347 e. The molecule has 1 atom stereocenters. The molecule has 0 radical (unpaired) electrons. The molecule has 0 unspecified atom stereocenters. The van der Waals surface area contributed by atoms with Gasteiger partial charge in [0.25, 0.3) is 5.91 Å². The molecule has 5 heteroatoms. The van der Waals surface area contributed by atoms with Gasteiger partial charge >= 0.3 is 5.97 Å². The summed E-state index contributed by atoms with van der Waals surface area (Å²) in [6, 6.07) is 17.4. The van der Waals surface area contributed by atoms with E-state index in [1.165, 1.54) is 5.56 Å². The fraction of sp³-hybridized carbons (Fsp3) is 0.364. The Hall–Kier alpha value is -2.82. The van der Waals surface area contributed by atoms with Crippen molar-refractivity contribution in [2.45, 2.75) is 39.2 Å². The molecule has 1 N–H and O–H groups in total. The lowest BCUT2D eigenvalue weighted by molar-refractivity contribution is -0.154. The molecule has 0 saturated carbocycles. The summed E-state index contributed by atoms with van der Waals surface area (Å²) >= 11 is 0. The molecule has 0 aliphatic heterocycles. The van der Waals surface area contributed by atoms with E-state index in [-0.39, 0.29) is 12.5 Å². The first-order chi connectivity index (χ1) is 13.0. The van der Waals surface area contributed by atoms with Gasteiger partial charge < -0.3 is 14.8 Å². The fourth-order valence-electron chi connectivity index (χ4n) is 2.47. The average Bonchev–Trinajstić information content (AvgIpc) is 2.67. The lowest BCUT2D eigenvalue weighted by Gasteiger charge is -2.14. The topological polar surface area (TPSA) is 64.6 Å². The van der Waals surface area contributed by atoms with E-state index in [1.807, 2.05) is 18.2 Å². The van der Waals surface area contributed by atoms with Gasteiger partial charge in [0.05, 0.1) is 0 Å². The van der Waals surface area contributed by atoms with Gasteiger partial charge in [-0.05, 0) is 42.5 Å². The van der Waals surface area contributed by atoms with E-state index < -0.39 is 12.1 Å². The highest BCUT2D eigenvalue weighted by molar-refractivity contribution is 5.81. The van der Waals surface area contributed by atoms with Crippen molar-refractivity contribution in [2.75, 3.05) is 13.2 Å². The van der Waals surface area contributed by atoms with Crippen LogP contribution < -0.4 is 10.1 Å². The lowest BCUT2D eigenvalue weighted by atomic mass is 10.0. The molecule has 0 aliphatic rings. The number of ether oxygens (including phenoxy) is 2. The number of para-hydroxylation sites is 1. The number of amides is 1. The Bertz CT molecular complexity index is 726. The molecular formula is C22H27NO4. The van der Waals surface area contributed by atoms with Crippen LogP contribution in [0.3, 0.4) is 0 Å². The fourth-order valence-corrected chi connectivity index (χ4v) is 2.47. The maximum atomic E-state index is 11.9. The molecule has 144 valence electrons. The monoisotopic (exact) mass is 369 g/mol. The summed E-state index contributed by atoms with van der Waals surface area (Å²) in [7, 11) is 0. The Morgan fingerprint density at radius 2 is 1.63 bits per heavy atom. The van der Waals surface area contributed by atoms with E-state index in [0.29, 0.717) is 18.2 Å². The highest BCUT2D eigenvalue weighted by atomic mass is 16.6. The normalized spacial score (nSPS) is 11.7. The molecule has 0 spiro atoms. The van der Waals surface area contributed by atoms with Crippen LogP contribution in [0.25, 0.3) is 0 Å². The minimum Gasteiger partial charge on any atom is -0.479 e. The van der Waals surface area contributed by atoms with Gasteiger partial charge in [0, 0.05) is 6.54 Å². The Kier molecular flexibility index (Phi) is 7.86. The molecule has 0 heterocycles. The average molecular weight is 369 g/mol. The Morgan fingerprint density at radius 1 is 0.963 bits per heavy atom. The zero-order valence-corrected chi connectivity index (χ0v) is 16.1. The molecule has 0 aromatic heterocycles. The quantitative estimate of drug-likeness (QED) is 0.688. The van der Waals surface area contributed by atoms with Crippen molar-refractivity contribution in [2.24, 2.45) is 0 Å². The zero-order chi connectivity index (χ0) is 19.6. The van der Waals surface area contributed by atoms with E-state index in [0.717, 1.165) is 12.0 Å². The number of nitrogens with one attached hydrogen (secondary N) is 1. The van der Waals surface area contributed by atoms with Crippen LogP contribution in [0.4, 0.5) is 0 Å². The predicted molar refractivity (Wildman–Crippen MR) is 105 cm³/mol. The molecular weight excluding hydrogens is 342 g/mol. The van der Waals surface area contributed by atoms with Crippen LogP contribution in [0.5, 0.6) is 5.75 Å². The van der Waals surface area contributed by atoms with Crippen molar-refractivity contribution < 1.29 is 19.1 Å². The number of carbonyl (C=O) groups excluding carboxylic acids is 2. The largest absolute Gasteiger partial charge is 0.479 e. The van der Waals surface area contributed by atoms with E-state index in [9.17, 15) is 9.59 Å². The van der Waals surface area contributed by atoms with Gasteiger partial charge in [-0.1, -0.05) is 56.3 Å². The predicted octanol–water partition coefficient (Wildman–Crippen LogP) is 3.48. The maximum Gasteiger partial charge on any atom is 0.347 e. The van der Waals surface area contributed by atoms with Crippen LogP contribution in [0.15, 0.2) is 54.6 Å². The molecule has 0 saturated heterocycles. The molecule has 2 rings (SSSR count). The number of hydrogen-bond acceptors (Lipinski definition) is 4. The molecule has 5 nitrogen and oxygen atoms in total. The van der Waals surface area contributed by atoms with Crippen molar-refractivity contribution in [1.29, 1.82) is 0 Å². The summed E-state index contributed by atoms with van der Waals surface area (Å²) in [5.41, 5.74) is 2.45. The molecule has 2 aromatic carbocycles. The number of carbonyl (C=O) groups is 2. The first-order valence-corrected chi connectivity index (χ1v) is 9.19. The van der Waals surface area contributed by atoms with Gasteiger partial charge in [-0.25, -0.2) is 4.79 Å². The second kappa shape index (κ2) is 10.4. The van der Waals surface area contributed by atoms with Gasteiger partial charge in [0.15, 0.2) is 12.7 Å². The summed E-state index contributed by atoms with van der Waals surface area (Å²) in [6.45, 7) is 6.08. The summed E-state index contributed by atoms with van der Waals surface area (Å²) in [5, 5.41) is 2.76. The van der Waals surface area contributed by atoms with E-state index >= 15 is 0 Å². The van der Waals surface area contributed by atoms with Crippen molar-refractivity contribution in [1.82, 2.24) is 5.32 Å². The van der Waals surface area contributed by atoms with Gasteiger partial charge in [-0.15, -0.1) is 0 Å². The molecule has 27 heavy (non-hydrogen) atoms. The van der Waals surface area contributed by atoms with Crippen LogP contribution in [0.2, 0.25) is 0 Å². The number of rotatable bonds is 9. The minimum atomic E-state index is -0.778. The highest BCUT2D eigenvalue weighted by Gasteiger charge is 2.17. The van der Waals surface area contributed by atoms with Crippen LogP contribution in [0, 0.1) is 0 Å². The minimum absolute atomic E-state index is 0.312. The van der Waals surface area contributed by atoms with E-state index in [2.05, 4.69) is 43.4 Å². The number of benzene rings is 2. The highest BCUT2D eigenvalue weighted by Crippen LogP contribution is 2.14. The summed E-state index contributed by atoms with van der Waals surface area (Å²) in [6.07, 6.45) is -0.0503. The second-order valence-corrected chi connectivity index (χ2v) is 6.68. The molecule has 0 fully saturated rings. The Morgan fingerprint density at radius 3 is 2.26 bits per heavy atom. The number of hydrogen-bond donors (Lipinski definition) is 1.